The molecule has 2 atom stereocenters. The molecule has 0 saturated carbocycles. The first kappa shape index (κ1) is 17.3. The molecule has 120 valence electrons. The van der Waals surface area contributed by atoms with E-state index in [1.807, 2.05) is 18.2 Å². The topological polar surface area (TPSA) is 54.2 Å². The maximum Gasteiger partial charge on any atom is 0.244 e. The van der Waals surface area contributed by atoms with Gasteiger partial charge in [-0.15, -0.1) is 24.2 Å². The van der Waals surface area contributed by atoms with Crippen molar-refractivity contribution in [2.75, 3.05) is 32.9 Å². The lowest BCUT2D eigenvalue weighted by atomic mass is 10.1. The molecule has 3 rings (SSSR count). The lowest BCUT2D eigenvalue weighted by molar-refractivity contribution is 0.190. The van der Waals surface area contributed by atoms with E-state index >= 15 is 0 Å². The van der Waals surface area contributed by atoms with E-state index in [4.69, 9.17) is 4.52 Å². The number of halogens is 1. The molecule has 0 amide bonds. The predicted octanol–water partition coefficient (Wildman–Crippen LogP) is 2.52. The average Bonchev–Trinajstić information content (AvgIpc) is 2.99. The molecule has 1 saturated heterocycles. The fourth-order valence-corrected chi connectivity index (χ4v) is 3.32. The van der Waals surface area contributed by atoms with Gasteiger partial charge in [-0.25, -0.2) is 0 Å². The standard InChI is InChI=1S/C15H20N4OS.ClH/c1-19-9-8-16-10-12(19)14-17-15(20-18-14)13(21-2)11-6-4-3-5-7-11;/h3-7,12-13,16H,8-10H2,1-2H3;1H. The molecule has 22 heavy (non-hydrogen) atoms. The van der Waals surface area contributed by atoms with Crippen molar-refractivity contribution >= 4 is 24.2 Å². The van der Waals surface area contributed by atoms with Crippen LogP contribution in [0.25, 0.3) is 0 Å². The zero-order valence-corrected chi connectivity index (χ0v) is 14.4. The molecule has 1 fully saturated rings. The van der Waals surface area contributed by atoms with Crippen LogP contribution in [0, 0.1) is 0 Å². The molecule has 1 aliphatic rings. The minimum atomic E-state index is 0. The van der Waals surface area contributed by atoms with E-state index < -0.39 is 0 Å². The third-order valence-electron chi connectivity index (χ3n) is 3.83. The lowest BCUT2D eigenvalue weighted by Gasteiger charge is -2.30. The normalized spacial score (nSPS) is 20.4. The summed E-state index contributed by atoms with van der Waals surface area (Å²) in [5.74, 6) is 1.46. The summed E-state index contributed by atoms with van der Waals surface area (Å²) in [7, 11) is 2.10. The number of aromatic nitrogens is 2. The Balaban J connectivity index is 0.00000176. The summed E-state index contributed by atoms with van der Waals surface area (Å²) in [6, 6.07) is 10.5. The second kappa shape index (κ2) is 7.97. The fraction of sp³-hybridized carbons (Fsp3) is 0.467. The molecule has 7 heteroatoms. The first-order chi connectivity index (χ1) is 10.3. The van der Waals surface area contributed by atoms with E-state index in [1.165, 1.54) is 5.56 Å². The minimum Gasteiger partial charge on any atom is -0.338 e. The molecule has 1 aliphatic heterocycles. The van der Waals surface area contributed by atoms with Gasteiger partial charge in [0.1, 0.15) is 5.25 Å². The van der Waals surface area contributed by atoms with Crippen molar-refractivity contribution in [2.24, 2.45) is 0 Å². The summed E-state index contributed by atoms with van der Waals surface area (Å²) < 4.78 is 5.54. The summed E-state index contributed by atoms with van der Waals surface area (Å²) >= 11 is 1.71. The number of thioether (sulfide) groups is 1. The van der Waals surface area contributed by atoms with E-state index in [9.17, 15) is 0 Å². The summed E-state index contributed by atoms with van der Waals surface area (Å²) in [5, 5.41) is 7.67. The second-order valence-electron chi connectivity index (χ2n) is 5.22. The Bertz CT molecular complexity index is 580. The van der Waals surface area contributed by atoms with Gasteiger partial charge in [-0.05, 0) is 18.9 Å². The van der Waals surface area contributed by atoms with Gasteiger partial charge in [0.2, 0.25) is 5.89 Å². The highest BCUT2D eigenvalue weighted by atomic mass is 35.5. The van der Waals surface area contributed by atoms with Crippen molar-refractivity contribution in [1.29, 1.82) is 0 Å². The number of benzene rings is 1. The van der Waals surface area contributed by atoms with E-state index in [0.717, 1.165) is 25.5 Å². The summed E-state index contributed by atoms with van der Waals surface area (Å²) in [6.07, 6.45) is 2.07. The summed E-state index contributed by atoms with van der Waals surface area (Å²) in [5.41, 5.74) is 1.19. The Kier molecular flexibility index (Phi) is 6.26. The smallest absolute Gasteiger partial charge is 0.244 e. The first-order valence-corrected chi connectivity index (χ1v) is 8.40. The maximum atomic E-state index is 5.54. The van der Waals surface area contributed by atoms with Gasteiger partial charge in [0, 0.05) is 19.6 Å². The first-order valence-electron chi connectivity index (χ1n) is 7.12. The molecule has 2 unspecified atom stereocenters. The third kappa shape index (κ3) is 3.63. The van der Waals surface area contributed by atoms with Crippen molar-refractivity contribution in [3.05, 3.63) is 47.6 Å². The van der Waals surface area contributed by atoms with Gasteiger partial charge in [0.15, 0.2) is 5.82 Å². The fourth-order valence-electron chi connectivity index (χ4n) is 2.59. The van der Waals surface area contributed by atoms with Crippen molar-refractivity contribution in [1.82, 2.24) is 20.4 Å². The Morgan fingerprint density at radius 3 is 2.82 bits per heavy atom. The van der Waals surface area contributed by atoms with Crippen molar-refractivity contribution in [2.45, 2.75) is 11.3 Å². The molecular weight excluding hydrogens is 320 g/mol. The molecule has 0 radical (unpaired) electrons. The summed E-state index contributed by atoms with van der Waals surface area (Å²) in [4.78, 5) is 6.92. The van der Waals surface area contributed by atoms with Crippen LogP contribution in [0.5, 0.6) is 0 Å². The number of piperazine rings is 1. The van der Waals surface area contributed by atoms with Crippen molar-refractivity contribution < 1.29 is 4.52 Å². The van der Waals surface area contributed by atoms with Crippen molar-refractivity contribution in [3.8, 4) is 0 Å². The molecule has 5 nitrogen and oxygen atoms in total. The number of likely N-dealkylation sites (N-methyl/N-ethyl adjacent to an activating group) is 1. The van der Waals surface area contributed by atoms with Crippen LogP contribution in [0.2, 0.25) is 0 Å². The van der Waals surface area contributed by atoms with Crippen LogP contribution in [-0.2, 0) is 0 Å². The number of hydrogen-bond donors (Lipinski definition) is 1. The Hall–Kier alpha value is -1.08. The zero-order valence-electron chi connectivity index (χ0n) is 12.7. The van der Waals surface area contributed by atoms with E-state index in [0.29, 0.717) is 5.89 Å². The molecule has 2 aromatic rings. The highest BCUT2D eigenvalue weighted by Gasteiger charge is 2.27. The van der Waals surface area contributed by atoms with Gasteiger partial charge >= 0.3 is 0 Å². The lowest BCUT2D eigenvalue weighted by Crippen LogP contribution is -2.44. The monoisotopic (exact) mass is 340 g/mol. The quantitative estimate of drug-likeness (QED) is 0.923. The second-order valence-corrected chi connectivity index (χ2v) is 6.16. The molecule has 1 aromatic carbocycles. The molecular formula is C15H21ClN4OS. The van der Waals surface area contributed by atoms with Crippen LogP contribution in [-0.4, -0.2) is 48.0 Å². The zero-order chi connectivity index (χ0) is 14.7. The van der Waals surface area contributed by atoms with Gasteiger partial charge < -0.3 is 9.84 Å². The van der Waals surface area contributed by atoms with E-state index in [-0.39, 0.29) is 23.7 Å². The Labute approximate surface area is 141 Å². The van der Waals surface area contributed by atoms with Crippen LogP contribution in [0.15, 0.2) is 34.9 Å². The van der Waals surface area contributed by atoms with Crippen LogP contribution >= 0.6 is 24.2 Å². The van der Waals surface area contributed by atoms with Gasteiger partial charge in [0.25, 0.3) is 0 Å². The largest absolute Gasteiger partial charge is 0.338 e. The predicted molar refractivity (Wildman–Crippen MR) is 91.6 cm³/mol. The molecule has 1 N–H and O–H groups in total. The highest BCUT2D eigenvalue weighted by Crippen LogP contribution is 2.33. The van der Waals surface area contributed by atoms with Crippen LogP contribution in [0.3, 0.4) is 0 Å². The molecule has 0 bridgehead atoms. The summed E-state index contributed by atoms with van der Waals surface area (Å²) in [6.45, 7) is 2.87. The number of nitrogens with zero attached hydrogens (tertiary/aromatic N) is 3. The number of hydrogen-bond acceptors (Lipinski definition) is 6. The van der Waals surface area contributed by atoms with Crippen molar-refractivity contribution in [3.63, 3.8) is 0 Å². The Morgan fingerprint density at radius 2 is 2.14 bits per heavy atom. The molecule has 0 aliphatic carbocycles. The maximum absolute atomic E-state index is 5.54. The van der Waals surface area contributed by atoms with Crippen LogP contribution in [0.4, 0.5) is 0 Å². The van der Waals surface area contributed by atoms with Gasteiger partial charge in [0.05, 0.1) is 6.04 Å². The number of rotatable bonds is 4. The number of nitrogens with one attached hydrogen (secondary N) is 1. The van der Waals surface area contributed by atoms with Gasteiger partial charge in [-0.1, -0.05) is 35.5 Å². The van der Waals surface area contributed by atoms with Crippen LogP contribution in [0.1, 0.15) is 28.6 Å². The van der Waals surface area contributed by atoms with Crippen LogP contribution < -0.4 is 5.32 Å². The van der Waals surface area contributed by atoms with Gasteiger partial charge in [-0.2, -0.15) is 4.98 Å². The SMILES string of the molecule is CSC(c1ccccc1)c1nc(C2CNCCN2C)no1.Cl. The molecule has 0 spiro atoms. The van der Waals surface area contributed by atoms with E-state index in [1.54, 1.807) is 11.8 Å². The Morgan fingerprint density at radius 1 is 1.36 bits per heavy atom. The highest BCUT2D eigenvalue weighted by molar-refractivity contribution is 7.99. The molecule has 2 heterocycles. The van der Waals surface area contributed by atoms with E-state index in [2.05, 4.69) is 45.8 Å². The van der Waals surface area contributed by atoms with Gasteiger partial charge in [-0.3, -0.25) is 4.90 Å². The third-order valence-corrected chi connectivity index (χ3v) is 4.77. The minimum absolute atomic E-state index is 0. The average molecular weight is 341 g/mol. The molecule has 1 aromatic heterocycles.